The van der Waals surface area contributed by atoms with Crippen molar-refractivity contribution in [1.82, 2.24) is 10.6 Å². The standard InChI is InChI=1S/C12H18N2O2/c1-9-5-7-16-11(9)12(15)14-8-10-4-2-3-6-13-10/h5,7,10,13H,2-4,6,8H2,1H3,(H,14,15). The molecule has 1 aliphatic rings. The van der Waals surface area contributed by atoms with Crippen molar-refractivity contribution in [2.75, 3.05) is 13.1 Å². The monoisotopic (exact) mass is 222 g/mol. The Labute approximate surface area is 95.4 Å². The van der Waals surface area contributed by atoms with Crippen LogP contribution in [0, 0.1) is 6.92 Å². The van der Waals surface area contributed by atoms with E-state index in [1.165, 1.54) is 12.8 Å². The number of hydrogen-bond donors (Lipinski definition) is 2. The first-order valence-electron chi connectivity index (χ1n) is 5.83. The molecule has 88 valence electrons. The smallest absolute Gasteiger partial charge is 0.287 e. The molecule has 0 aromatic carbocycles. The highest BCUT2D eigenvalue weighted by Crippen LogP contribution is 2.09. The van der Waals surface area contributed by atoms with Crippen LogP contribution in [0.4, 0.5) is 0 Å². The number of nitrogens with one attached hydrogen (secondary N) is 2. The van der Waals surface area contributed by atoms with E-state index in [9.17, 15) is 4.79 Å². The largest absolute Gasteiger partial charge is 0.459 e. The normalized spacial score (nSPS) is 20.7. The van der Waals surface area contributed by atoms with Crippen LogP contribution >= 0.6 is 0 Å². The molecule has 1 atom stereocenters. The van der Waals surface area contributed by atoms with E-state index in [1.54, 1.807) is 12.3 Å². The number of furan rings is 1. The van der Waals surface area contributed by atoms with Crippen molar-refractivity contribution < 1.29 is 9.21 Å². The van der Waals surface area contributed by atoms with Crippen LogP contribution in [-0.4, -0.2) is 25.0 Å². The summed E-state index contributed by atoms with van der Waals surface area (Å²) < 4.78 is 5.13. The zero-order valence-electron chi connectivity index (χ0n) is 9.58. The minimum atomic E-state index is -0.116. The van der Waals surface area contributed by atoms with Crippen LogP contribution in [0.15, 0.2) is 16.7 Å². The number of aryl methyl sites for hydroxylation is 1. The van der Waals surface area contributed by atoms with Gasteiger partial charge in [0.25, 0.3) is 5.91 Å². The van der Waals surface area contributed by atoms with Gasteiger partial charge in [0.2, 0.25) is 0 Å². The van der Waals surface area contributed by atoms with Crippen LogP contribution < -0.4 is 10.6 Å². The lowest BCUT2D eigenvalue weighted by Crippen LogP contribution is -2.43. The predicted molar refractivity (Wildman–Crippen MR) is 61.4 cm³/mol. The fourth-order valence-corrected chi connectivity index (χ4v) is 2.00. The molecule has 0 aliphatic carbocycles. The maximum absolute atomic E-state index is 11.7. The predicted octanol–water partition coefficient (Wildman–Crippen LogP) is 1.46. The molecule has 16 heavy (non-hydrogen) atoms. The Morgan fingerprint density at radius 2 is 2.50 bits per heavy atom. The van der Waals surface area contributed by atoms with E-state index < -0.39 is 0 Å². The first kappa shape index (κ1) is 11.2. The Bertz CT molecular complexity index is 354. The highest BCUT2D eigenvalue weighted by atomic mass is 16.3. The number of carbonyl (C=O) groups excluding carboxylic acids is 1. The molecule has 1 aliphatic heterocycles. The fraction of sp³-hybridized carbons (Fsp3) is 0.583. The molecular formula is C12H18N2O2. The van der Waals surface area contributed by atoms with Gasteiger partial charge in [0.15, 0.2) is 5.76 Å². The van der Waals surface area contributed by atoms with Crippen LogP contribution in [0.1, 0.15) is 35.4 Å². The summed E-state index contributed by atoms with van der Waals surface area (Å²) in [7, 11) is 0. The van der Waals surface area contributed by atoms with E-state index >= 15 is 0 Å². The third kappa shape index (κ3) is 2.64. The van der Waals surface area contributed by atoms with Gasteiger partial charge in [-0.25, -0.2) is 0 Å². The number of hydrogen-bond acceptors (Lipinski definition) is 3. The van der Waals surface area contributed by atoms with Crippen LogP contribution in [0.3, 0.4) is 0 Å². The van der Waals surface area contributed by atoms with Crippen molar-refractivity contribution in [1.29, 1.82) is 0 Å². The molecule has 1 unspecified atom stereocenters. The second-order valence-electron chi connectivity index (χ2n) is 4.29. The van der Waals surface area contributed by atoms with Crippen molar-refractivity contribution in [3.8, 4) is 0 Å². The maximum atomic E-state index is 11.7. The zero-order valence-corrected chi connectivity index (χ0v) is 9.58. The summed E-state index contributed by atoms with van der Waals surface area (Å²) in [6.07, 6.45) is 5.16. The number of rotatable bonds is 3. The molecule has 2 heterocycles. The van der Waals surface area contributed by atoms with Crippen LogP contribution in [0.25, 0.3) is 0 Å². The second kappa shape index (κ2) is 5.16. The van der Waals surface area contributed by atoms with E-state index in [0.717, 1.165) is 18.5 Å². The summed E-state index contributed by atoms with van der Waals surface area (Å²) in [6.45, 7) is 3.61. The molecule has 4 heteroatoms. The zero-order chi connectivity index (χ0) is 11.4. The Morgan fingerprint density at radius 3 is 3.12 bits per heavy atom. The Hall–Kier alpha value is -1.29. The summed E-state index contributed by atoms with van der Waals surface area (Å²) in [4.78, 5) is 11.7. The van der Waals surface area contributed by atoms with E-state index in [-0.39, 0.29) is 5.91 Å². The summed E-state index contributed by atoms with van der Waals surface area (Å²) >= 11 is 0. The average molecular weight is 222 g/mol. The van der Waals surface area contributed by atoms with Crippen LogP contribution in [0.2, 0.25) is 0 Å². The number of amides is 1. The van der Waals surface area contributed by atoms with Gasteiger partial charge in [0, 0.05) is 18.2 Å². The lowest BCUT2D eigenvalue weighted by molar-refractivity contribution is 0.0919. The second-order valence-corrected chi connectivity index (χ2v) is 4.29. The minimum absolute atomic E-state index is 0.116. The molecule has 4 nitrogen and oxygen atoms in total. The van der Waals surface area contributed by atoms with Crippen molar-refractivity contribution in [2.24, 2.45) is 0 Å². The average Bonchev–Trinajstić information content (AvgIpc) is 2.74. The van der Waals surface area contributed by atoms with E-state index in [4.69, 9.17) is 4.42 Å². The molecule has 0 saturated carbocycles. The van der Waals surface area contributed by atoms with Gasteiger partial charge in [-0.1, -0.05) is 6.42 Å². The van der Waals surface area contributed by atoms with Gasteiger partial charge in [-0.15, -0.1) is 0 Å². The third-order valence-corrected chi connectivity index (χ3v) is 2.99. The quantitative estimate of drug-likeness (QED) is 0.814. The Kier molecular flexibility index (Phi) is 3.62. The van der Waals surface area contributed by atoms with Crippen LogP contribution in [-0.2, 0) is 0 Å². The molecule has 1 aromatic rings. The SMILES string of the molecule is Cc1ccoc1C(=O)NCC1CCCCN1. The molecule has 0 radical (unpaired) electrons. The van der Waals surface area contributed by atoms with E-state index in [2.05, 4.69) is 10.6 Å². The molecule has 1 saturated heterocycles. The molecule has 1 fully saturated rings. The minimum Gasteiger partial charge on any atom is -0.459 e. The topological polar surface area (TPSA) is 54.3 Å². The molecular weight excluding hydrogens is 204 g/mol. The summed E-state index contributed by atoms with van der Waals surface area (Å²) in [5, 5.41) is 6.29. The van der Waals surface area contributed by atoms with Gasteiger partial charge >= 0.3 is 0 Å². The van der Waals surface area contributed by atoms with Gasteiger partial charge < -0.3 is 15.1 Å². The maximum Gasteiger partial charge on any atom is 0.287 e. The molecule has 2 N–H and O–H groups in total. The highest BCUT2D eigenvalue weighted by molar-refractivity contribution is 5.92. The van der Waals surface area contributed by atoms with Gasteiger partial charge in [0.05, 0.1) is 6.26 Å². The fourth-order valence-electron chi connectivity index (χ4n) is 2.00. The Balaban J connectivity index is 1.81. The summed E-state index contributed by atoms with van der Waals surface area (Å²) in [5.41, 5.74) is 0.883. The lowest BCUT2D eigenvalue weighted by atomic mass is 10.1. The molecule has 0 spiro atoms. The van der Waals surface area contributed by atoms with E-state index in [1.807, 2.05) is 6.92 Å². The van der Waals surface area contributed by atoms with Crippen molar-refractivity contribution in [2.45, 2.75) is 32.2 Å². The Morgan fingerprint density at radius 1 is 1.62 bits per heavy atom. The molecule has 2 rings (SSSR count). The third-order valence-electron chi connectivity index (χ3n) is 2.99. The van der Waals surface area contributed by atoms with E-state index in [0.29, 0.717) is 18.3 Å². The first-order chi connectivity index (χ1) is 7.77. The molecule has 1 amide bonds. The van der Waals surface area contributed by atoms with Crippen molar-refractivity contribution in [3.63, 3.8) is 0 Å². The van der Waals surface area contributed by atoms with Crippen LogP contribution in [0.5, 0.6) is 0 Å². The van der Waals surface area contributed by atoms with Gasteiger partial charge in [0.1, 0.15) is 0 Å². The number of carbonyl (C=O) groups is 1. The van der Waals surface area contributed by atoms with Crippen molar-refractivity contribution >= 4 is 5.91 Å². The number of piperidine rings is 1. The lowest BCUT2D eigenvalue weighted by Gasteiger charge is -2.23. The summed E-state index contributed by atoms with van der Waals surface area (Å²) in [6, 6.07) is 2.21. The van der Waals surface area contributed by atoms with Gasteiger partial charge in [-0.05, 0) is 32.4 Å². The molecule has 0 bridgehead atoms. The molecule has 1 aromatic heterocycles. The van der Waals surface area contributed by atoms with Gasteiger partial charge in [-0.3, -0.25) is 4.79 Å². The van der Waals surface area contributed by atoms with Gasteiger partial charge in [-0.2, -0.15) is 0 Å². The summed E-state index contributed by atoms with van der Waals surface area (Å²) in [5.74, 6) is 0.311. The van der Waals surface area contributed by atoms with Crippen molar-refractivity contribution in [3.05, 3.63) is 23.7 Å². The first-order valence-corrected chi connectivity index (χ1v) is 5.83. The highest BCUT2D eigenvalue weighted by Gasteiger charge is 2.16.